The van der Waals surface area contributed by atoms with Gasteiger partial charge in [-0.05, 0) is 41.8 Å². The largest absolute Gasteiger partial charge is 0.494 e. The van der Waals surface area contributed by atoms with Crippen LogP contribution in [-0.4, -0.2) is 13.0 Å². The number of aryl methyl sites for hydroxylation is 1. The monoisotopic (exact) mass is 305 g/mol. The van der Waals surface area contributed by atoms with Gasteiger partial charge < -0.3 is 10.1 Å². The van der Waals surface area contributed by atoms with Gasteiger partial charge in [0.1, 0.15) is 5.82 Å². The molecule has 0 unspecified atom stereocenters. The molecule has 0 atom stereocenters. The van der Waals surface area contributed by atoms with Gasteiger partial charge in [0.15, 0.2) is 11.6 Å². The van der Waals surface area contributed by atoms with Gasteiger partial charge in [0, 0.05) is 13.0 Å². The number of hydrogen-bond donors (Lipinski definition) is 1. The number of ether oxygens (including phenoxy) is 1. The topological polar surface area (TPSA) is 38.3 Å². The molecule has 0 aromatic heterocycles. The first kappa shape index (κ1) is 15.9. The van der Waals surface area contributed by atoms with Crippen LogP contribution >= 0.6 is 0 Å². The number of halogens is 2. The van der Waals surface area contributed by atoms with E-state index in [0.717, 1.165) is 5.56 Å². The third kappa shape index (κ3) is 4.55. The van der Waals surface area contributed by atoms with Crippen LogP contribution in [0.15, 0.2) is 42.5 Å². The molecule has 0 saturated carbocycles. The minimum atomic E-state index is -0.464. The SMILES string of the molecule is COc1ccc(CNC(=O)CCc2cccc(F)c2)cc1F. The van der Waals surface area contributed by atoms with E-state index in [1.807, 2.05) is 0 Å². The van der Waals surface area contributed by atoms with Crippen LogP contribution in [0.2, 0.25) is 0 Å². The summed E-state index contributed by atoms with van der Waals surface area (Å²) in [5.74, 6) is -0.776. The Labute approximate surface area is 127 Å². The number of carbonyl (C=O) groups is 1. The molecule has 5 heteroatoms. The van der Waals surface area contributed by atoms with Gasteiger partial charge in [-0.2, -0.15) is 0 Å². The van der Waals surface area contributed by atoms with Crippen molar-refractivity contribution in [1.82, 2.24) is 5.32 Å². The fraction of sp³-hybridized carbons (Fsp3) is 0.235. The van der Waals surface area contributed by atoms with E-state index >= 15 is 0 Å². The minimum Gasteiger partial charge on any atom is -0.494 e. The molecule has 0 aliphatic heterocycles. The Morgan fingerprint density at radius 1 is 1.14 bits per heavy atom. The van der Waals surface area contributed by atoms with E-state index in [4.69, 9.17) is 4.74 Å². The first-order chi connectivity index (χ1) is 10.6. The van der Waals surface area contributed by atoms with Crippen LogP contribution in [0.1, 0.15) is 17.5 Å². The molecular weight excluding hydrogens is 288 g/mol. The van der Waals surface area contributed by atoms with Crippen molar-refractivity contribution < 1.29 is 18.3 Å². The highest BCUT2D eigenvalue weighted by atomic mass is 19.1. The molecule has 0 aliphatic carbocycles. The highest BCUT2D eigenvalue weighted by Gasteiger charge is 2.06. The van der Waals surface area contributed by atoms with Gasteiger partial charge in [-0.3, -0.25) is 4.79 Å². The predicted molar refractivity (Wildman–Crippen MR) is 79.5 cm³/mol. The van der Waals surface area contributed by atoms with Crippen LogP contribution in [0.4, 0.5) is 8.78 Å². The summed E-state index contributed by atoms with van der Waals surface area (Å²) in [6.45, 7) is 0.239. The van der Waals surface area contributed by atoms with Crippen molar-refractivity contribution in [3.05, 3.63) is 65.2 Å². The van der Waals surface area contributed by atoms with Crippen LogP contribution in [-0.2, 0) is 17.8 Å². The molecule has 3 nitrogen and oxygen atoms in total. The number of methoxy groups -OCH3 is 1. The molecule has 0 fully saturated rings. The molecule has 22 heavy (non-hydrogen) atoms. The first-order valence-electron chi connectivity index (χ1n) is 6.92. The lowest BCUT2D eigenvalue weighted by atomic mass is 10.1. The molecule has 0 aliphatic rings. The molecule has 0 radical (unpaired) electrons. The smallest absolute Gasteiger partial charge is 0.220 e. The Kier molecular flexibility index (Phi) is 5.47. The molecule has 2 aromatic rings. The zero-order chi connectivity index (χ0) is 15.9. The molecule has 0 saturated heterocycles. The van der Waals surface area contributed by atoms with E-state index in [1.165, 1.54) is 31.4 Å². The van der Waals surface area contributed by atoms with Gasteiger partial charge >= 0.3 is 0 Å². The molecule has 0 heterocycles. The number of rotatable bonds is 6. The van der Waals surface area contributed by atoms with Crippen LogP contribution in [0.25, 0.3) is 0 Å². The van der Waals surface area contributed by atoms with Gasteiger partial charge in [-0.15, -0.1) is 0 Å². The van der Waals surface area contributed by atoms with E-state index in [9.17, 15) is 13.6 Å². The molecule has 2 rings (SSSR count). The lowest BCUT2D eigenvalue weighted by molar-refractivity contribution is -0.121. The van der Waals surface area contributed by atoms with Crippen LogP contribution in [0.3, 0.4) is 0 Å². The second-order valence-corrected chi connectivity index (χ2v) is 4.88. The maximum absolute atomic E-state index is 13.5. The van der Waals surface area contributed by atoms with Gasteiger partial charge in [0.05, 0.1) is 7.11 Å². The number of benzene rings is 2. The fourth-order valence-corrected chi connectivity index (χ4v) is 2.06. The third-order valence-corrected chi connectivity index (χ3v) is 3.24. The van der Waals surface area contributed by atoms with E-state index in [0.29, 0.717) is 12.0 Å². The van der Waals surface area contributed by atoms with E-state index in [2.05, 4.69) is 5.32 Å². The summed E-state index contributed by atoms with van der Waals surface area (Å²) in [6, 6.07) is 10.7. The van der Waals surface area contributed by atoms with Crippen molar-refractivity contribution in [2.75, 3.05) is 7.11 Å². The van der Waals surface area contributed by atoms with Crippen LogP contribution in [0.5, 0.6) is 5.75 Å². The summed E-state index contributed by atoms with van der Waals surface area (Å²) < 4.78 is 31.4. The molecule has 0 spiro atoms. The zero-order valence-electron chi connectivity index (χ0n) is 12.2. The number of hydrogen-bond acceptors (Lipinski definition) is 2. The van der Waals surface area contributed by atoms with Crippen molar-refractivity contribution in [2.24, 2.45) is 0 Å². The first-order valence-corrected chi connectivity index (χ1v) is 6.92. The summed E-state index contributed by atoms with van der Waals surface area (Å²) in [4.78, 5) is 11.8. The Hall–Kier alpha value is -2.43. The van der Waals surface area contributed by atoms with Crippen LogP contribution in [0, 0.1) is 11.6 Å². The second kappa shape index (κ2) is 7.54. The maximum atomic E-state index is 13.5. The molecule has 1 N–H and O–H groups in total. The highest BCUT2D eigenvalue weighted by Crippen LogP contribution is 2.17. The fourth-order valence-electron chi connectivity index (χ4n) is 2.06. The third-order valence-electron chi connectivity index (χ3n) is 3.24. The Balaban J connectivity index is 1.81. The molecule has 0 bridgehead atoms. The van der Waals surface area contributed by atoms with Gasteiger partial charge in [0.2, 0.25) is 5.91 Å². The average molecular weight is 305 g/mol. The van der Waals surface area contributed by atoms with Crippen LogP contribution < -0.4 is 10.1 Å². The summed E-state index contributed by atoms with van der Waals surface area (Å²) in [5.41, 5.74) is 1.42. The van der Waals surface area contributed by atoms with Crippen molar-refractivity contribution in [1.29, 1.82) is 0 Å². The predicted octanol–water partition coefficient (Wildman–Crippen LogP) is 3.22. The van der Waals surface area contributed by atoms with Crippen molar-refractivity contribution in [3.8, 4) is 5.75 Å². The Morgan fingerprint density at radius 2 is 1.95 bits per heavy atom. The number of amides is 1. The summed E-state index contributed by atoms with van der Waals surface area (Å²) in [6.07, 6.45) is 0.711. The van der Waals surface area contributed by atoms with Crippen molar-refractivity contribution in [2.45, 2.75) is 19.4 Å². The minimum absolute atomic E-state index is 0.166. The molecule has 2 aromatic carbocycles. The van der Waals surface area contributed by atoms with E-state index in [1.54, 1.807) is 18.2 Å². The normalized spacial score (nSPS) is 10.3. The Bertz CT molecular complexity index is 659. The summed E-state index contributed by atoms with van der Waals surface area (Å²) in [7, 11) is 1.40. The lowest BCUT2D eigenvalue weighted by Crippen LogP contribution is -2.23. The van der Waals surface area contributed by atoms with E-state index in [-0.39, 0.29) is 30.4 Å². The second-order valence-electron chi connectivity index (χ2n) is 4.88. The highest BCUT2D eigenvalue weighted by molar-refractivity contribution is 5.76. The van der Waals surface area contributed by atoms with Gasteiger partial charge in [0.25, 0.3) is 0 Å². The Morgan fingerprint density at radius 3 is 2.64 bits per heavy atom. The average Bonchev–Trinajstić information content (AvgIpc) is 2.51. The molecule has 1 amide bonds. The standard InChI is InChI=1S/C17H17F2NO2/c1-22-16-7-5-13(10-15(16)19)11-20-17(21)8-6-12-3-2-4-14(18)9-12/h2-5,7,9-10H,6,8,11H2,1H3,(H,20,21). The zero-order valence-corrected chi connectivity index (χ0v) is 12.2. The summed E-state index contributed by atoms with van der Waals surface area (Å²) >= 11 is 0. The maximum Gasteiger partial charge on any atom is 0.220 e. The van der Waals surface area contributed by atoms with Crippen molar-refractivity contribution in [3.63, 3.8) is 0 Å². The molecular formula is C17H17F2NO2. The number of nitrogens with one attached hydrogen (secondary N) is 1. The van der Waals surface area contributed by atoms with Gasteiger partial charge in [-0.1, -0.05) is 18.2 Å². The number of carbonyl (C=O) groups excluding carboxylic acids is 1. The van der Waals surface area contributed by atoms with Crippen molar-refractivity contribution >= 4 is 5.91 Å². The summed E-state index contributed by atoms with van der Waals surface area (Å²) in [5, 5.41) is 2.71. The van der Waals surface area contributed by atoms with Gasteiger partial charge in [-0.25, -0.2) is 8.78 Å². The lowest BCUT2D eigenvalue weighted by Gasteiger charge is -2.07. The molecule has 116 valence electrons. The van der Waals surface area contributed by atoms with E-state index < -0.39 is 5.82 Å². The quantitative estimate of drug-likeness (QED) is 0.890.